The number of carbonyl (C=O) groups is 2. The summed E-state index contributed by atoms with van der Waals surface area (Å²) in [6.07, 6.45) is 6.13. The van der Waals surface area contributed by atoms with Crippen LogP contribution in [0.5, 0.6) is 0 Å². The zero-order valence-electron chi connectivity index (χ0n) is 13.5. The second kappa shape index (κ2) is 5.34. The van der Waals surface area contributed by atoms with Gasteiger partial charge in [-0.2, -0.15) is 0 Å². The fraction of sp³-hybridized carbons (Fsp3) is 0.200. The van der Waals surface area contributed by atoms with Gasteiger partial charge in [0, 0.05) is 25.0 Å². The van der Waals surface area contributed by atoms with Gasteiger partial charge in [-0.3, -0.25) is 9.59 Å². The monoisotopic (exact) mass is 320 g/mol. The Labute approximate surface area is 139 Å². The Morgan fingerprint density at radius 1 is 1.04 bits per heavy atom. The minimum Gasteiger partial charge on any atom is -0.453 e. The van der Waals surface area contributed by atoms with Gasteiger partial charge in [0.25, 0.3) is 0 Å². The maximum atomic E-state index is 11.4. The Hall–Kier alpha value is -2.88. The lowest BCUT2D eigenvalue weighted by molar-refractivity contribution is -0.144. The first-order chi connectivity index (χ1) is 11.5. The maximum absolute atomic E-state index is 11.4. The molecule has 120 valence electrons. The third kappa shape index (κ3) is 2.22. The topological polar surface area (TPSA) is 52.6 Å². The molecule has 0 fully saturated rings. The molecule has 0 radical (unpaired) electrons. The van der Waals surface area contributed by atoms with Crippen LogP contribution in [-0.2, 0) is 25.5 Å². The van der Waals surface area contributed by atoms with Crippen LogP contribution in [0.1, 0.15) is 42.2 Å². The Bertz CT molecular complexity index is 950. The lowest BCUT2D eigenvalue weighted by Gasteiger charge is -2.25. The predicted octanol–water partition coefficient (Wildman–Crippen LogP) is 3.93. The largest absolute Gasteiger partial charge is 0.453 e. The van der Waals surface area contributed by atoms with Crippen molar-refractivity contribution < 1.29 is 19.1 Å². The van der Waals surface area contributed by atoms with Gasteiger partial charge in [-0.25, -0.2) is 0 Å². The number of hydrogen-bond donors (Lipinski definition) is 0. The van der Waals surface area contributed by atoms with E-state index in [9.17, 15) is 9.59 Å². The summed E-state index contributed by atoms with van der Waals surface area (Å²) in [7, 11) is 0. The summed E-state index contributed by atoms with van der Waals surface area (Å²) in [6.45, 7) is 2.82. The molecular formula is C20H16O4. The molecule has 0 saturated carbocycles. The third-order valence-electron chi connectivity index (χ3n) is 4.39. The minimum atomic E-state index is -0.387. The Morgan fingerprint density at radius 3 is 2.62 bits per heavy atom. The van der Waals surface area contributed by atoms with Gasteiger partial charge >= 0.3 is 11.9 Å². The summed E-state index contributed by atoms with van der Waals surface area (Å²) in [4.78, 5) is 22.8. The summed E-state index contributed by atoms with van der Waals surface area (Å²) < 4.78 is 10.8. The number of benzene rings is 2. The van der Waals surface area contributed by atoms with Crippen LogP contribution in [0.15, 0.2) is 36.4 Å². The van der Waals surface area contributed by atoms with Crippen LogP contribution in [-0.4, -0.2) is 11.9 Å². The first-order valence-electron chi connectivity index (χ1n) is 7.87. The fourth-order valence-corrected chi connectivity index (χ4v) is 3.51. The minimum absolute atomic E-state index is 0.311. The second-order valence-corrected chi connectivity index (χ2v) is 6.02. The zero-order valence-corrected chi connectivity index (χ0v) is 13.5. The lowest BCUT2D eigenvalue weighted by atomic mass is 9.83. The van der Waals surface area contributed by atoms with E-state index in [1.165, 1.54) is 19.4 Å². The highest BCUT2D eigenvalue weighted by atomic mass is 16.5. The van der Waals surface area contributed by atoms with E-state index in [4.69, 9.17) is 9.47 Å². The van der Waals surface area contributed by atoms with E-state index in [-0.39, 0.29) is 18.0 Å². The van der Waals surface area contributed by atoms with Crippen molar-refractivity contribution >= 4 is 34.5 Å². The van der Waals surface area contributed by atoms with Crippen molar-refractivity contribution in [2.45, 2.75) is 26.4 Å². The molecule has 2 aromatic rings. The van der Waals surface area contributed by atoms with Crippen molar-refractivity contribution in [3.05, 3.63) is 58.7 Å². The zero-order chi connectivity index (χ0) is 16.8. The third-order valence-corrected chi connectivity index (χ3v) is 4.39. The van der Waals surface area contributed by atoms with Gasteiger partial charge in [0.05, 0.1) is 0 Å². The molecule has 2 aliphatic carbocycles. The summed E-state index contributed by atoms with van der Waals surface area (Å²) in [5, 5.41) is 2.14. The van der Waals surface area contributed by atoms with Gasteiger partial charge in [0.2, 0.25) is 0 Å². The van der Waals surface area contributed by atoms with Gasteiger partial charge in [-0.1, -0.05) is 24.3 Å². The number of hydrogen-bond acceptors (Lipinski definition) is 4. The molecule has 0 bridgehead atoms. The van der Waals surface area contributed by atoms with Crippen molar-refractivity contribution in [1.29, 1.82) is 0 Å². The SMILES string of the molecule is CC(=O)OC1=CCc2ccc3c4c(ccc1c24)C=C[C@@H]3OC(C)=O. The van der Waals surface area contributed by atoms with Gasteiger partial charge < -0.3 is 9.47 Å². The van der Waals surface area contributed by atoms with Crippen LogP contribution in [0.2, 0.25) is 0 Å². The quantitative estimate of drug-likeness (QED) is 0.787. The van der Waals surface area contributed by atoms with Crippen LogP contribution >= 0.6 is 0 Å². The number of allylic oxidation sites excluding steroid dienone is 1. The summed E-state index contributed by atoms with van der Waals surface area (Å²) in [6, 6.07) is 8.07. The standard InChI is InChI=1S/C20H16O4/c1-11(21)23-17-9-5-13-4-8-16-18(24-12(2)22)10-6-14-3-7-15(17)19(13)20(14)16/h3-5,7-10,17H,6H2,1-2H3/t17-/m0/s1. The molecule has 0 spiro atoms. The number of esters is 2. The van der Waals surface area contributed by atoms with Crippen molar-refractivity contribution in [3.8, 4) is 0 Å². The molecule has 4 nitrogen and oxygen atoms in total. The number of ether oxygens (including phenoxy) is 2. The molecule has 0 saturated heterocycles. The second-order valence-electron chi connectivity index (χ2n) is 6.02. The smallest absolute Gasteiger partial charge is 0.308 e. The van der Waals surface area contributed by atoms with E-state index in [1.54, 1.807) is 0 Å². The molecule has 0 aliphatic heterocycles. The molecule has 0 unspecified atom stereocenters. The highest BCUT2D eigenvalue weighted by molar-refractivity contribution is 6.05. The maximum Gasteiger partial charge on any atom is 0.308 e. The molecule has 0 amide bonds. The van der Waals surface area contributed by atoms with Gasteiger partial charge in [0.1, 0.15) is 11.9 Å². The predicted molar refractivity (Wildman–Crippen MR) is 90.9 cm³/mol. The lowest BCUT2D eigenvalue weighted by Crippen LogP contribution is -2.12. The van der Waals surface area contributed by atoms with E-state index in [0.717, 1.165) is 27.5 Å². The molecule has 2 aliphatic rings. The van der Waals surface area contributed by atoms with E-state index < -0.39 is 0 Å². The summed E-state index contributed by atoms with van der Waals surface area (Å²) in [5.41, 5.74) is 4.13. The molecule has 2 aromatic carbocycles. The van der Waals surface area contributed by atoms with Crippen molar-refractivity contribution in [2.24, 2.45) is 0 Å². The fourth-order valence-electron chi connectivity index (χ4n) is 3.51. The highest BCUT2D eigenvalue weighted by Gasteiger charge is 2.25. The van der Waals surface area contributed by atoms with Crippen molar-refractivity contribution in [3.63, 3.8) is 0 Å². The molecule has 4 rings (SSSR count). The van der Waals surface area contributed by atoms with E-state index in [2.05, 4.69) is 6.07 Å². The Morgan fingerprint density at radius 2 is 1.88 bits per heavy atom. The normalized spacial score (nSPS) is 17.4. The van der Waals surface area contributed by atoms with Crippen LogP contribution in [0.25, 0.3) is 22.6 Å². The van der Waals surface area contributed by atoms with E-state index >= 15 is 0 Å². The van der Waals surface area contributed by atoms with E-state index in [0.29, 0.717) is 12.2 Å². The van der Waals surface area contributed by atoms with Gasteiger partial charge in [-0.15, -0.1) is 0 Å². The van der Waals surface area contributed by atoms with Crippen molar-refractivity contribution in [1.82, 2.24) is 0 Å². The average molecular weight is 320 g/mol. The van der Waals surface area contributed by atoms with Crippen molar-refractivity contribution in [2.75, 3.05) is 0 Å². The molecule has 0 N–H and O–H groups in total. The molecule has 0 aromatic heterocycles. The van der Waals surface area contributed by atoms with Crippen LogP contribution in [0, 0.1) is 0 Å². The Balaban J connectivity index is 1.95. The molecule has 4 heteroatoms. The van der Waals surface area contributed by atoms with Gasteiger partial charge in [-0.05, 0) is 46.5 Å². The first kappa shape index (κ1) is 14.7. The van der Waals surface area contributed by atoms with Crippen LogP contribution in [0.4, 0.5) is 0 Å². The molecular weight excluding hydrogens is 304 g/mol. The number of carbonyl (C=O) groups excluding carboxylic acids is 2. The summed E-state index contributed by atoms with van der Waals surface area (Å²) >= 11 is 0. The highest BCUT2D eigenvalue weighted by Crippen LogP contribution is 2.42. The summed E-state index contributed by atoms with van der Waals surface area (Å²) in [5.74, 6) is -0.0470. The molecule has 0 heterocycles. The van der Waals surface area contributed by atoms with Gasteiger partial charge in [0.15, 0.2) is 0 Å². The molecule has 1 atom stereocenters. The number of rotatable bonds is 2. The average Bonchev–Trinajstić information content (AvgIpc) is 2.54. The molecule has 24 heavy (non-hydrogen) atoms. The van der Waals surface area contributed by atoms with E-state index in [1.807, 2.05) is 36.4 Å². The van der Waals surface area contributed by atoms with Crippen LogP contribution < -0.4 is 0 Å². The first-order valence-corrected chi connectivity index (χ1v) is 7.87. The Kier molecular flexibility index (Phi) is 3.27. The van der Waals surface area contributed by atoms with Crippen LogP contribution in [0.3, 0.4) is 0 Å².